The number of hydrogen-bond acceptors (Lipinski definition) is 7. The Morgan fingerprint density at radius 2 is 1.79 bits per heavy atom. The molecule has 0 saturated carbocycles. The molecule has 8 heteroatoms. The van der Waals surface area contributed by atoms with E-state index in [4.69, 9.17) is 4.74 Å². The first-order chi connectivity index (χ1) is 13.9. The van der Waals surface area contributed by atoms with E-state index in [0.717, 1.165) is 11.4 Å². The minimum atomic E-state index is -0.356. The average Bonchev–Trinajstić information content (AvgIpc) is 3.03. The summed E-state index contributed by atoms with van der Waals surface area (Å²) in [6.45, 7) is 5.61. The van der Waals surface area contributed by atoms with Crippen molar-refractivity contribution < 1.29 is 14.6 Å². The zero-order chi connectivity index (χ0) is 20.7. The van der Waals surface area contributed by atoms with Crippen molar-refractivity contribution in [3.63, 3.8) is 0 Å². The summed E-state index contributed by atoms with van der Waals surface area (Å²) in [5.41, 5.74) is 3.39. The average molecular weight is 389 g/mol. The Labute approximate surface area is 166 Å². The van der Waals surface area contributed by atoms with Crippen molar-refractivity contribution in [1.82, 2.24) is 24.7 Å². The zero-order valence-corrected chi connectivity index (χ0v) is 16.5. The highest BCUT2D eigenvalue weighted by Gasteiger charge is 2.19. The Hall–Kier alpha value is -3.81. The minimum absolute atomic E-state index is 0.119. The van der Waals surface area contributed by atoms with E-state index in [9.17, 15) is 9.90 Å². The fourth-order valence-electron chi connectivity index (χ4n) is 3.19. The second-order valence-electron chi connectivity index (χ2n) is 6.76. The molecule has 0 atom stereocenters. The van der Waals surface area contributed by atoms with Gasteiger partial charge in [-0.05, 0) is 51.1 Å². The summed E-state index contributed by atoms with van der Waals surface area (Å²) >= 11 is 0. The number of hydrogen-bond donors (Lipinski definition) is 1. The number of aryl methyl sites for hydroxylation is 3. The van der Waals surface area contributed by atoms with Gasteiger partial charge in [0.2, 0.25) is 0 Å². The topological polar surface area (TPSA) is 103 Å². The van der Waals surface area contributed by atoms with Crippen LogP contribution in [0, 0.1) is 20.8 Å². The van der Waals surface area contributed by atoms with E-state index in [-0.39, 0.29) is 17.1 Å². The molecule has 4 aromatic rings. The number of phenolic OH excluding ortho intramolecular Hbond substituents is 1. The summed E-state index contributed by atoms with van der Waals surface area (Å²) in [6, 6.07) is 8.11. The predicted molar refractivity (Wildman–Crippen MR) is 107 cm³/mol. The lowest BCUT2D eigenvalue weighted by Gasteiger charge is -2.07. The SMILES string of the molecule is COc1ccc(O)c(C(=O)c2cnc3c(c2)c(C)nn3-c2nc(C)cc(C)n2)c1. The number of carbonyl (C=O) groups is 1. The van der Waals surface area contributed by atoms with Gasteiger partial charge in [-0.15, -0.1) is 0 Å². The van der Waals surface area contributed by atoms with Gasteiger partial charge < -0.3 is 9.84 Å². The van der Waals surface area contributed by atoms with Crippen molar-refractivity contribution in [3.05, 3.63) is 64.7 Å². The van der Waals surface area contributed by atoms with Gasteiger partial charge in [0.05, 0.1) is 18.4 Å². The Bertz CT molecular complexity index is 1240. The summed E-state index contributed by atoms with van der Waals surface area (Å²) in [4.78, 5) is 26.3. The van der Waals surface area contributed by atoms with E-state index >= 15 is 0 Å². The quantitative estimate of drug-likeness (QED) is 0.535. The first kappa shape index (κ1) is 18.5. The number of phenols is 1. The molecule has 1 N–H and O–H groups in total. The molecule has 1 aromatic carbocycles. The maximum absolute atomic E-state index is 12.9. The molecule has 0 aliphatic heterocycles. The van der Waals surface area contributed by atoms with Crippen molar-refractivity contribution in [2.45, 2.75) is 20.8 Å². The molecule has 0 amide bonds. The van der Waals surface area contributed by atoms with Crippen LogP contribution in [0.2, 0.25) is 0 Å². The van der Waals surface area contributed by atoms with Crippen LogP contribution in [0.15, 0.2) is 36.5 Å². The third-order valence-electron chi connectivity index (χ3n) is 4.58. The van der Waals surface area contributed by atoms with Crippen LogP contribution >= 0.6 is 0 Å². The molecule has 146 valence electrons. The zero-order valence-electron chi connectivity index (χ0n) is 16.5. The van der Waals surface area contributed by atoms with Crippen molar-refractivity contribution in [1.29, 1.82) is 0 Å². The number of nitrogens with zero attached hydrogens (tertiary/aromatic N) is 5. The molecule has 8 nitrogen and oxygen atoms in total. The van der Waals surface area contributed by atoms with Crippen LogP contribution in [0.25, 0.3) is 17.0 Å². The first-order valence-electron chi connectivity index (χ1n) is 8.97. The molecule has 4 rings (SSSR count). The fourth-order valence-corrected chi connectivity index (χ4v) is 3.19. The van der Waals surface area contributed by atoms with E-state index in [1.54, 1.807) is 16.8 Å². The molecule has 0 spiro atoms. The normalized spacial score (nSPS) is 11.0. The van der Waals surface area contributed by atoms with Gasteiger partial charge in [0, 0.05) is 28.5 Å². The van der Waals surface area contributed by atoms with Gasteiger partial charge in [0.25, 0.3) is 5.95 Å². The summed E-state index contributed by atoms with van der Waals surface area (Å²) in [5.74, 6) is 0.436. The van der Waals surface area contributed by atoms with Crippen molar-refractivity contribution in [3.8, 4) is 17.4 Å². The Balaban J connectivity index is 1.82. The number of carbonyl (C=O) groups excluding carboxylic acids is 1. The molecule has 3 aromatic heterocycles. The molecular formula is C21H19N5O3. The number of fused-ring (bicyclic) bond motifs is 1. The highest BCUT2D eigenvalue weighted by Crippen LogP contribution is 2.27. The lowest BCUT2D eigenvalue weighted by molar-refractivity contribution is 0.103. The molecule has 0 aliphatic carbocycles. The minimum Gasteiger partial charge on any atom is -0.507 e. The van der Waals surface area contributed by atoms with E-state index < -0.39 is 0 Å². The number of ether oxygens (including phenoxy) is 1. The summed E-state index contributed by atoms with van der Waals surface area (Å²) in [6.07, 6.45) is 1.46. The highest BCUT2D eigenvalue weighted by atomic mass is 16.5. The number of aromatic nitrogens is 5. The van der Waals surface area contributed by atoms with E-state index in [1.807, 2.05) is 26.8 Å². The molecule has 0 radical (unpaired) electrons. The predicted octanol–water partition coefficient (Wildman–Crippen LogP) is 3.08. The van der Waals surface area contributed by atoms with Gasteiger partial charge >= 0.3 is 0 Å². The monoisotopic (exact) mass is 389 g/mol. The van der Waals surface area contributed by atoms with Crippen LogP contribution in [0.5, 0.6) is 11.5 Å². The number of pyridine rings is 1. The van der Waals surface area contributed by atoms with Crippen LogP contribution in [0.1, 0.15) is 33.0 Å². The number of rotatable bonds is 4. The van der Waals surface area contributed by atoms with E-state index in [2.05, 4.69) is 20.1 Å². The van der Waals surface area contributed by atoms with Crippen LogP contribution < -0.4 is 4.74 Å². The molecule has 3 heterocycles. The third kappa shape index (κ3) is 3.29. The van der Waals surface area contributed by atoms with Gasteiger partial charge in [-0.2, -0.15) is 9.78 Å². The standard InChI is InChI=1S/C21H19N5O3/c1-11-7-12(2)24-21(23-11)26-20-16(13(3)25-26)8-14(10-22-20)19(28)17-9-15(29-4)5-6-18(17)27/h5-10,27H,1-4H3. The van der Waals surface area contributed by atoms with Gasteiger partial charge in [0.15, 0.2) is 11.4 Å². The maximum Gasteiger partial charge on any atom is 0.253 e. The van der Waals surface area contributed by atoms with Gasteiger partial charge in [-0.1, -0.05) is 0 Å². The molecule has 0 saturated heterocycles. The van der Waals surface area contributed by atoms with Crippen LogP contribution in [-0.4, -0.2) is 42.7 Å². The number of aromatic hydroxyl groups is 1. The molecule has 0 unspecified atom stereocenters. The Morgan fingerprint density at radius 3 is 2.48 bits per heavy atom. The van der Waals surface area contributed by atoms with Crippen LogP contribution in [-0.2, 0) is 0 Å². The molecule has 0 bridgehead atoms. The number of methoxy groups -OCH3 is 1. The number of ketones is 1. The fraction of sp³-hybridized carbons (Fsp3) is 0.190. The van der Waals surface area contributed by atoms with E-state index in [0.29, 0.717) is 34.0 Å². The Morgan fingerprint density at radius 1 is 1.07 bits per heavy atom. The molecular weight excluding hydrogens is 370 g/mol. The Kier molecular flexibility index (Phi) is 4.46. The third-order valence-corrected chi connectivity index (χ3v) is 4.58. The summed E-state index contributed by atoms with van der Waals surface area (Å²) < 4.78 is 6.72. The maximum atomic E-state index is 12.9. The smallest absolute Gasteiger partial charge is 0.253 e. The van der Waals surface area contributed by atoms with Gasteiger partial charge in [0.1, 0.15) is 11.5 Å². The first-order valence-corrected chi connectivity index (χ1v) is 8.97. The number of benzene rings is 1. The van der Waals surface area contributed by atoms with Crippen molar-refractivity contribution in [2.75, 3.05) is 7.11 Å². The molecule has 0 fully saturated rings. The largest absolute Gasteiger partial charge is 0.507 e. The van der Waals surface area contributed by atoms with Gasteiger partial charge in [-0.3, -0.25) is 4.79 Å². The van der Waals surface area contributed by atoms with Crippen molar-refractivity contribution >= 4 is 16.8 Å². The second kappa shape index (κ2) is 6.97. The lowest BCUT2D eigenvalue weighted by Crippen LogP contribution is -2.07. The molecule has 29 heavy (non-hydrogen) atoms. The van der Waals surface area contributed by atoms with Crippen LogP contribution in [0.4, 0.5) is 0 Å². The second-order valence-corrected chi connectivity index (χ2v) is 6.76. The van der Waals surface area contributed by atoms with Crippen molar-refractivity contribution in [2.24, 2.45) is 0 Å². The van der Waals surface area contributed by atoms with E-state index in [1.165, 1.54) is 25.4 Å². The lowest BCUT2D eigenvalue weighted by atomic mass is 10.0. The van der Waals surface area contributed by atoms with Gasteiger partial charge in [-0.25, -0.2) is 15.0 Å². The summed E-state index contributed by atoms with van der Waals surface area (Å²) in [5, 5.41) is 15.3. The summed E-state index contributed by atoms with van der Waals surface area (Å²) in [7, 11) is 1.50. The van der Waals surface area contributed by atoms with Crippen LogP contribution in [0.3, 0.4) is 0 Å². The molecule has 0 aliphatic rings. The highest BCUT2D eigenvalue weighted by molar-refractivity contribution is 6.12.